The Bertz CT molecular complexity index is 202. The van der Waals surface area contributed by atoms with Gasteiger partial charge in [0.2, 0.25) is 0 Å². The summed E-state index contributed by atoms with van der Waals surface area (Å²) < 4.78 is 11.7. The lowest BCUT2D eigenvalue weighted by Gasteiger charge is -2.19. The highest BCUT2D eigenvalue weighted by atomic mass is 33.1. The maximum absolute atomic E-state index is 5.76. The Morgan fingerprint density at radius 1 is 1.46 bits per heavy atom. The van der Waals surface area contributed by atoms with E-state index in [1.54, 1.807) is 10.8 Å². The van der Waals surface area contributed by atoms with Crippen LogP contribution in [0.2, 0.25) is 0 Å². The van der Waals surface area contributed by atoms with Gasteiger partial charge in [0.1, 0.15) is 0 Å². The van der Waals surface area contributed by atoms with Gasteiger partial charge >= 0.3 is 0 Å². The second-order valence-corrected chi connectivity index (χ2v) is 6.03. The second kappa shape index (κ2) is 3.33. The van der Waals surface area contributed by atoms with Gasteiger partial charge in [-0.15, -0.1) is 11.7 Å². The zero-order valence-corrected chi connectivity index (χ0v) is 9.79. The van der Waals surface area contributed by atoms with Crippen LogP contribution in [0.25, 0.3) is 0 Å². The van der Waals surface area contributed by atoms with E-state index in [2.05, 4.69) is 11.7 Å². The fraction of sp³-hybridized carbons (Fsp3) is 1.00. The number of rotatable bonds is 3. The topological polar surface area (TPSA) is 18.5 Å². The molecule has 0 bridgehead atoms. The summed E-state index contributed by atoms with van der Waals surface area (Å²) in [6.07, 6.45) is 3.92. The van der Waals surface area contributed by atoms with Crippen molar-refractivity contribution >= 4 is 22.5 Å². The minimum atomic E-state index is -0.373. The lowest BCUT2D eigenvalue weighted by Crippen LogP contribution is -2.23. The smallest absolute Gasteiger partial charge is 0.163 e. The van der Waals surface area contributed by atoms with Gasteiger partial charge in [0.05, 0.1) is 12.7 Å². The Hall–Kier alpha value is 0.620. The van der Waals surface area contributed by atoms with E-state index in [0.717, 1.165) is 13.0 Å². The molecule has 0 radical (unpaired) electrons. The van der Waals surface area contributed by atoms with E-state index in [-0.39, 0.29) is 11.9 Å². The molecule has 0 unspecified atom stereocenters. The molecule has 0 aromatic rings. The van der Waals surface area contributed by atoms with Crippen molar-refractivity contribution in [3.63, 3.8) is 0 Å². The van der Waals surface area contributed by atoms with Crippen molar-refractivity contribution in [3.8, 4) is 0 Å². The summed E-state index contributed by atoms with van der Waals surface area (Å²) in [5, 5.41) is 0. The zero-order chi connectivity index (χ0) is 9.53. The van der Waals surface area contributed by atoms with Gasteiger partial charge in [0.15, 0.2) is 5.79 Å². The van der Waals surface area contributed by atoms with Crippen LogP contribution in [-0.4, -0.2) is 23.2 Å². The van der Waals surface area contributed by atoms with Crippen molar-refractivity contribution in [2.75, 3.05) is 6.61 Å². The maximum atomic E-state index is 5.76. The summed E-state index contributed by atoms with van der Waals surface area (Å²) in [5.74, 6) is -0.373. The summed E-state index contributed by atoms with van der Waals surface area (Å²) in [5.41, 5.74) is 0. The third-order valence-corrected chi connectivity index (χ3v) is 4.79. The fourth-order valence-electron chi connectivity index (χ4n) is 1.75. The summed E-state index contributed by atoms with van der Waals surface area (Å²) >= 11 is 4.30. The van der Waals surface area contributed by atoms with E-state index >= 15 is 0 Å². The molecule has 2 rings (SSSR count). The van der Waals surface area contributed by atoms with Crippen LogP contribution >= 0.6 is 22.5 Å². The molecule has 2 nitrogen and oxygen atoms in total. The molecule has 0 N–H and O–H groups in total. The number of ether oxygens (including phenoxy) is 2. The van der Waals surface area contributed by atoms with Crippen molar-refractivity contribution in [1.82, 2.24) is 0 Å². The largest absolute Gasteiger partial charge is 0.348 e. The first-order chi connectivity index (χ1) is 6.05. The number of hydrogen-bond acceptors (Lipinski definition) is 4. The number of hydrogen-bond donors (Lipinski definition) is 1. The Morgan fingerprint density at radius 3 is 2.54 bits per heavy atom. The van der Waals surface area contributed by atoms with E-state index in [1.165, 1.54) is 12.8 Å². The summed E-state index contributed by atoms with van der Waals surface area (Å²) in [6, 6.07) is 0. The molecule has 2 aliphatic rings. The monoisotopic (exact) mass is 220 g/mol. The van der Waals surface area contributed by atoms with Crippen molar-refractivity contribution in [2.45, 2.75) is 49.7 Å². The molecule has 2 fully saturated rings. The third kappa shape index (κ3) is 2.35. The molecule has 0 aromatic carbocycles. The predicted molar refractivity (Wildman–Crippen MR) is 58.1 cm³/mol. The Kier molecular flexibility index (Phi) is 2.60. The molecule has 0 amide bonds. The van der Waals surface area contributed by atoms with Gasteiger partial charge in [0, 0.05) is 4.75 Å². The molecule has 0 aromatic heterocycles. The SMILES string of the molecule is CC1(C)OC[C@H](CC2(SS)CC2)O1. The lowest BCUT2D eigenvalue weighted by atomic mass is 10.2. The standard InChI is InChI=1S/C9H16O2S2/c1-8(2)10-6-7(11-8)5-9(13-12)3-4-9/h7,12H,3-6H2,1-2H3/t7-/m0/s1. The van der Waals surface area contributed by atoms with E-state index in [1.807, 2.05) is 13.8 Å². The van der Waals surface area contributed by atoms with Crippen LogP contribution < -0.4 is 0 Å². The zero-order valence-electron chi connectivity index (χ0n) is 8.08. The van der Waals surface area contributed by atoms with Crippen molar-refractivity contribution in [1.29, 1.82) is 0 Å². The van der Waals surface area contributed by atoms with Crippen molar-refractivity contribution in [2.24, 2.45) is 0 Å². The van der Waals surface area contributed by atoms with Crippen LogP contribution in [-0.2, 0) is 9.47 Å². The quantitative estimate of drug-likeness (QED) is 0.582. The van der Waals surface area contributed by atoms with E-state index < -0.39 is 0 Å². The average Bonchev–Trinajstić information content (AvgIpc) is 2.74. The molecule has 1 aliphatic heterocycles. The first-order valence-corrected chi connectivity index (χ1v) is 6.57. The molecule has 1 aliphatic carbocycles. The van der Waals surface area contributed by atoms with Crippen LogP contribution in [0.5, 0.6) is 0 Å². The highest BCUT2D eigenvalue weighted by molar-refractivity contribution is 8.69. The van der Waals surface area contributed by atoms with Gasteiger partial charge in [-0.1, -0.05) is 10.8 Å². The van der Waals surface area contributed by atoms with Gasteiger partial charge in [-0.25, -0.2) is 0 Å². The predicted octanol–water partition coefficient (Wildman–Crippen LogP) is 2.64. The van der Waals surface area contributed by atoms with Crippen molar-refractivity contribution in [3.05, 3.63) is 0 Å². The molecule has 1 atom stereocenters. The maximum Gasteiger partial charge on any atom is 0.163 e. The summed E-state index contributed by atoms with van der Waals surface area (Å²) in [7, 11) is 1.68. The van der Waals surface area contributed by atoms with E-state index in [4.69, 9.17) is 9.47 Å². The first-order valence-electron chi connectivity index (χ1n) is 4.70. The molecular formula is C9H16O2S2. The van der Waals surface area contributed by atoms with Gasteiger partial charge in [-0.05, 0) is 33.1 Å². The molecule has 13 heavy (non-hydrogen) atoms. The van der Waals surface area contributed by atoms with E-state index in [9.17, 15) is 0 Å². The molecule has 1 heterocycles. The average molecular weight is 220 g/mol. The Morgan fingerprint density at radius 2 is 2.15 bits per heavy atom. The van der Waals surface area contributed by atoms with E-state index in [0.29, 0.717) is 4.75 Å². The number of thiol groups is 1. The highest BCUT2D eigenvalue weighted by Crippen LogP contribution is 2.54. The van der Waals surface area contributed by atoms with Gasteiger partial charge in [0.25, 0.3) is 0 Å². The van der Waals surface area contributed by atoms with Crippen LogP contribution in [0.15, 0.2) is 0 Å². The first kappa shape index (κ1) is 10.1. The van der Waals surface area contributed by atoms with Crippen molar-refractivity contribution < 1.29 is 9.47 Å². The van der Waals surface area contributed by atoms with Crippen LogP contribution in [0.3, 0.4) is 0 Å². The summed E-state index contributed by atoms with van der Waals surface area (Å²) in [4.78, 5) is 0. The summed E-state index contributed by atoms with van der Waals surface area (Å²) in [6.45, 7) is 4.68. The second-order valence-electron chi connectivity index (χ2n) is 4.43. The van der Waals surface area contributed by atoms with Gasteiger partial charge < -0.3 is 9.47 Å². The van der Waals surface area contributed by atoms with Gasteiger partial charge in [-0.2, -0.15) is 0 Å². The minimum Gasteiger partial charge on any atom is -0.348 e. The fourth-order valence-corrected chi connectivity index (χ4v) is 3.07. The normalized spacial score (nSPS) is 34.8. The Labute approximate surface area is 88.6 Å². The van der Waals surface area contributed by atoms with Crippen LogP contribution in [0, 0.1) is 0 Å². The Balaban J connectivity index is 1.84. The highest BCUT2D eigenvalue weighted by Gasteiger charge is 2.47. The molecular weight excluding hydrogens is 204 g/mol. The lowest BCUT2D eigenvalue weighted by molar-refractivity contribution is -0.139. The van der Waals surface area contributed by atoms with Crippen LogP contribution in [0.1, 0.15) is 33.1 Å². The molecule has 0 spiro atoms. The third-order valence-electron chi connectivity index (χ3n) is 2.67. The van der Waals surface area contributed by atoms with Gasteiger partial charge in [-0.3, -0.25) is 0 Å². The van der Waals surface area contributed by atoms with Crippen LogP contribution in [0.4, 0.5) is 0 Å². The molecule has 1 saturated heterocycles. The molecule has 1 saturated carbocycles. The molecule has 76 valence electrons. The minimum absolute atomic E-state index is 0.275. The molecule has 4 heteroatoms.